The molecule has 7 heteroatoms. The van der Waals surface area contributed by atoms with Crippen LogP contribution in [0.4, 0.5) is 0 Å². The molecule has 0 atom stereocenters. The minimum Gasteiger partial charge on any atom is -0.481 e. The van der Waals surface area contributed by atoms with Crippen molar-refractivity contribution in [3.63, 3.8) is 0 Å². The minimum absolute atomic E-state index is 0.0595. The van der Waals surface area contributed by atoms with Crippen LogP contribution in [0.25, 0.3) is 11.4 Å². The Morgan fingerprint density at radius 2 is 2.17 bits per heavy atom. The van der Waals surface area contributed by atoms with Gasteiger partial charge >= 0.3 is 5.97 Å². The fourth-order valence-corrected chi connectivity index (χ4v) is 1.84. The molecule has 1 aromatic carbocycles. The summed E-state index contributed by atoms with van der Waals surface area (Å²) in [5, 5.41) is 13.2. The number of aliphatic carboxylic acids is 1. The lowest BCUT2D eigenvalue weighted by molar-refractivity contribution is -0.137. The summed E-state index contributed by atoms with van der Waals surface area (Å²) in [6, 6.07) is 4.91. The number of carboxylic acids is 1. The number of carbonyl (C=O) groups is 1. The Labute approximate surface area is 112 Å². The van der Waals surface area contributed by atoms with E-state index in [0.29, 0.717) is 21.4 Å². The first-order valence-electron chi connectivity index (χ1n) is 5.06. The highest BCUT2D eigenvalue weighted by Gasteiger charge is 2.12. The Hall–Kier alpha value is -1.59. The number of rotatable bonds is 4. The van der Waals surface area contributed by atoms with E-state index >= 15 is 0 Å². The number of halogens is 2. The van der Waals surface area contributed by atoms with Gasteiger partial charge in [-0.15, -0.1) is 0 Å². The van der Waals surface area contributed by atoms with Crippen LogP contribution >= 0.6 is 23.2 Å². The van der Waals surface area contributed by atoms with E-state index in [2.05, 4.69) is 10.1 Å². The number of hydrogen-bond donors (Lipinski definition) is 1. The molecule has 2 rings (SSSR count). The van der Waals surface area contributed by atoms with Crippen molar-refractivity contribution in [2.24, 2.45) is 0 Å². The minimum atomic E-state index is -0.917. The van der Waals surface area contributed by atoms with Crippen LogP contribution in [0.2, 0.25) is 10.0 Å². The van der Waals surface area contributed by atoms with E-state index in [0.717, 1.165) is 0 Å². The van der Waals surface area contributed by atoms with Gasteiger partial charge in [-0.1, -0.05) is 28.4 Å². The molecule has 0 radical (unpaired) electrons. The third-order valence-electron chi connectivity index (χ3n) is 2.19. The van der Waals surface area contributed by atoms with Gasteiger partial charge in [-0.3, -0.25) is 4.79 Å². The summed E-state index contributed by atoms with van der Waals surface area (Å²) in [6.07, 6.45) is 0.128. The van der Waals surface area contributed by atoms with Gasteiger partial charge in [0.05, 0.1) is 11.4 Å². The van der Waals surface area contributed by atoms with Crippen LogP contribution < -0.4 is 0 Å². The van der Waals surface area contributed by atoms with Crippen LogP contribution in [-0.4, -0.2) is 21.2 Å². The highest BCUT2D eigenvalue weighted by Crippen LogP contribution is 2.28. The van der Waals surface area contributed by atoms with Crippen molar-refractivity contribution >= 4 is 29.2 Å². The molecule has 0 bridgehead atoms. The molecule has 5 nitrogen and oxygen atoms in total. The second kappa shape index (κ2) is 5.37. The van der Waals surface area contributed by atoms with Crippen molar-refractivity contribution in [2.75, 3.05) is 0 Å². The lowest BCUT2D eigenvalue weighted by atomic mass is 10.2. The quantitative estimate of drug-likeness (QED) is 0.935. The normalized spacial score (nSPS) is 10.6. The maximum Gasteiger partial charge on any atom is 0.303 e. The molecule has 94 valence electrons. The summed E-state index contributed by atoms with van der Waals surface area (Å²) in [7, 11) is 0. The van der Waals surface area contributed by atoms with E-state index in [9.17, 15) is 4.79 Å². The van der Waals surface area contributed by atoms with Gasteiger partial charge in [0.25, 0.3) is 0 Å². The van der Waals surface area contributed by atoms with Crippen molar-refractivity contribution < 1.29 is 14.4 Å². The summed E-state index contributed by atoms with van der Waals surface area (Å²) < 4.78 is 4.94. The number of aromatic nitrogens is 2. The average Bonchev–Trinajstić information content (AvgIpc) is 2.75. The molecule has 0 saturated heterocycles. The molecule has 1 N–H and O–H groups in total. The predicted molar refractivity (Wildman–Crippen MR) is 65.7 cm³/mol. The first kappa shape index (κ1) is 12.9. The molecule has 0 spiro atoms. The monoisotopic (exact) mass is 286 g/mol. The van der Waals surface area contributed by atoms with Crippen LogP contribution in [0.15, 0.2) is 22.7 Å². The first-order chi connectivity index (χ1) is 8.56. The standard InChI is InChI=1S/C11H8Cl2N2O3/c12-6-1-2-7(8(13)5-6)11-14-9(18-15-11)3-4-10(16)17/h1-2,5H,3-4H2,(H,16,17). The number of hydrogen-bond acceptors (Lipinski definition) is 4. The third-order valence-corrected chi connectivity index (χ3v) is 2.74. The Bertz CT molecular complexity index is 583. The fourth-order valence-electron chi connectivity index (χ4n) is 1.35. The van der Waals surface area contributed by atoms with E-state index in [4.69, 9.17) is 32.8 Å². The molecule has 1 aromatic heterocycles. The van der Waals surface area contributed by atoms with E-state index in [1.807, 2.05) is 0 Å². The molecule has 0 aliphatic carbocycles. The molecule has 0 saturated carbocycles. The van der Waals surface area contributed by atoms with Crippen molar-refractivity contribution in [1.82, 2.24) is 10.1 Å². The SMILES string of the molecule is O=C(O)CCc1nc(-c2ccc(Cl)cc2Cl)no1. The smallest absolute Gasteiger partial charge is 0.303 e. The average molecular weight is 287 g/mol. The van der Waals surface area contributed by atoms with E-state index in [1.165, 1.54) is 0 Å². The molecule has 2 aromatic rings. The number of benzene rings is 1. The highest BCUT2D eigenvalue weighted by molar-refractivity contribution is 6.36. The van der Waals surface area contributed by atoms with Crippen LogP contribution in [0.3, 0.4) is 0 Å². The maximum absolute atomic E-state index is 10.4. The molecule has 18 heavy (non-hydrogen) atoms. The summed E-state index contributed by atoms with van der Waals surface area (Å²) in [4.78, 5) is 14.5. The number of aryl methyl sites for hydroxylation is 1. The molecule has 1 heterocycles. The van der Waals surface area contributed by atoms with E-state index in [1.54, 1.807) is 18.2 Å². The van der Waals surface area contributed by atoms with Crippen LogP contribution in [-0.2, 0) is 11.2 Å². The van der Waals surface area contributed by atoms with Crippen molar-refractivity contribution in [3.05, 3.63) is 34.1 Å². The van der Waals surface area contributed by atoms with Crippen LogP contribution in [0, 0.1) is 0 Å². The number of carboxylic acid groups (broad SMARTS) is 1. The molecule has 0 aliphatic rings. The van der Waals surface area contributed by atoms with Gasteiger partial charge < -0.3 is 9.63 Å². The Kier molecular flexibility index (Phi) is 3.84. The Morgan fingerprint density at radius 3 is 2.83 bits per heavy atom. The van der Waals surface area contributed by atoms with Crippen LogP contribution in [0.5, 0.6) is 0 Å². The zero-order valence-electron chi connectivity index (χ0n) is 9.06. The molecule has 0 amide bonds. The highest BCUT2D eigenvalue weighted by atomic mass is 35.5. The summed E-state index contributed by atoms with van der Waals surface area (Å²) in [5.74, 6) is -0.338. The fraction of sp³-hybridized carbons (Fsp3) is 0.182. The Morgan fingerprint density at radius 1 is 1.39 bits per heavy atom. The third kappa shape index (κ3) is 3.00. The topological polar surface area (TPSA) is 76.2 Å². The largest absolute Gasteiger partial charge is 0.481 e. The van der Waals surface area contributed by atoms with Gasteiger partial charge in [-0.2, -0.15) is 4.98 Å². The zero-order valence-corrected chi connectivity index (χ0v) is 10.6. The van der Waals surface area contributed by atoms with Crippen molar-refractivity contribution in [1.29, 1.82) is 0 Å². The van der Waals surface area contributed by atoms with Crippen LogP contribution in [0.1, 0.15) is 12.3 Å². The summed E-state index contributed by atoms with van der Waals surface area (Å²) >= 11 is 11.8. The van der Waals surface area contributed by atoms with Crippen molar-refractivity contribution in [2.45, 2.75) is 12.8 Å². The molecular weight excluding hydrogens is 279 g/mol. The predicted octanol–water partition coefficient (Wildman–Crippen LogP) is 3.06. The van der Waals surface area contributed by atoms with Gasteiger partial charge in [-0.25, -0.2) is 0 Å². The second-order valence-electron chi connectivity index (χ2n) is 3.53. The first-order valence-corrected chi connectivity index (χ1v) is 5.81. The lowest BCUT2D eigenvalue weighted by Gasteiger charge is -1.98. The van der Waals surface area contributed by atoms with Gasteiger partial charge in [0.15, 0.2) is 0 Å². The lowest BCUT2D eigenvalue weighted by Crippen LogP contribution is -1.97. The van der Waals surface area contributed by atoms with Gasteiger partial charge in [-0.05, 0) is 18.2 Å². The summed E-state index contributed by atoms with van der Waals surface area (Å²) in [5.41, 5.74) is 0.589. The molecule has 0 fully saturated rings. The summed E-state index contributed by atoms with van der Waals surface area (Å²) in [6.45, 7) is 0. The number of nitrogens with zero attached hydrogens (tertiary/aromatic N) is 2. The molecule has 0 unspecified atom stereocenters. The molecular formula is C11H8Cl2N2O3. The van der Waals surface area contributed by atoms with Crippen molar-refractivity contribution in [3.8, 4) is 11.4 Å². The Balaban J connectivity index is 2.21. The molecule has 0 aliphatic heterocycles. The van der Waals surface area contributed by atoms with Gasteiger partial charge in [0, 0.05) is 17.0 Å². The van der Waals surface area contributed by atoms with Gasteiger partial charge in [0.1, 0.15) is 0 Å². The van der Waals surface area contributed by atoms with Gasteiger partial charge in [0.2, 0.25) is 11.7 Å². The zero-order chi connectivity index (χ0) is 13.1. The maximum atomic E-state index is 10.4. The second-order valence-corrected chi connectivity index (χ2v) is 4.37. The van der Waals surface area contributed by atoms with E-state index < -0.39 is 5.97 Å². The van der Waals surface area contributed by atoms with E-state index in [-0.39, 0.29) is 18.7 Å².